The number of hydrogen-bond donors (Lipinski definition) is 0. The number of ether oxygens (including phenoxy) is 2. The van der Waals surface area contributed by atoms with E-state index in [-0.39, 0.29) is 9.79 Å². The minimum atomic E-state index is -3.64. The Morgan fingerprint density at radius 3 is 1.58 bits per heavy atom. The molecule has 0 N–H and O–H groups in total. The standard InChI is InChI=1S/C20H31N3O6S2/c24-30(25,22-7-5-18(6-8-22)17-21-9-13-28-14-10-21)19-1-3-20(4-2-19)31(26,27)23-11-15-29-16-12-23/h1-4,18H,5-17H2. The molecule has 3 heterocycles. The van der Waals surface area contributed by atoms with E-state index in [4.69, 9.17) is 9.47 Å². The van der Waals surface area contributed by atoms with E-state index in [1.807, 2.05) is 0 Å². The number of morpholine rings is 2. The maximum Gasteiger partial charge on any atom is 0.243 e. The van der Waals surface area contributed by atoms with Gasteiger partial charge in [0.05, 0.1) is 36.2 Å². The molecule has 0 atom stereocenters. The molecule has 174 valence electrons. The van der Waals surface area contributed by atoms with Crippen LogP contribution in [0.2, 0.25) is 0 Å². The molecule has 1 aromatic rings. The average molecular weight is 474 g/mol. The first-order chi connectivity index (χ1) is 14.9. The van der Waals surface area contributed by atoms with Gasteiger partial charge < -0.3 is 9.47 Å². The molecular formula is C20H31N3O6S2. The second-order valence-electron chi connectivity index (χ2n) is 8.25. The SMILES string of the molecule is O=S(=O)(c1ccc(S(=O)(=O)N2CCC(CN3CCOCC3)CC2)cc1)N1CCOCC1. The third-order valence-corrected chi connectivity index (χ3v) is 10.1. The summed E-state index contributed by atoms with van der Waals surface area (Å²) in [6, 6.07) is 5.59. The zero-order chi connectivity index (χ0) is 21.9. The van der Waals surface area contributed by atoms with E-state index in [1.165, 1.54) is 32.9 Å². The van der Waals surface area contributed by atoms with E-state index < -0.39 is 20.0 Å². The lowest BCUT2D eigenvalue weighted by atomic mass is 9.97. The zero-order valence-corrected chi connectivity index (χ0v) is 19.3. The van der Waals surface area contributed by atoms with Crippen LogP contribution < -0.4 is 0 Å². The second kappa shape index (κ2) is 9.82. The summed E-state index contributed by atoms with van der Waals surface area (Å²) < 4.78 is 65.1. The monoisotopic (exact) mass is 473 g/mol. The molecule has 0 spiro atoms. The molecule has 3 saturated heterocycles. The zero-order valence-electron chi connectivity index (χ0n) is 17.7. The summed E-state index contributed by atoms with van der Waals surface area (Å²) in [6.45, 7) is 6.75. The second-order valence-corrected chi connectivity index (χ2v) is 12.1. The molecule has 0 aromatic heterocycles. The van der Waals surface area contributed by atoms with Gasteiger partial charge in [0.1, 0.15) is 0 Å². The maximum absolute atomic E-state index is 13.1. The average Bonchev–Trinajstić information content (AvgIpc) is 2.81. The van der Waals surface area contributed by atoms with Crippen molar-refractivity contribution in [1.29, 1.82) is 0 Å². The summed E-state index contributed by atoms with van der Waals surface area (Å²) in [5.74, 6) is 0.491. The van der Waals surface area contributed by atoms with Gasteiger partial charge in [0.15, 0.2) is 0 Å². The minimum absolute atomic E-state index is 0.109. The number of hydrogen-bond acceptors (Lipinski definition) is 7. The van der Waals surface area contributed by atoms with E-state index in [0.717, 1.165) is 45.7 Å². The molecule has 0 saturated carbocycles. The smallest absolute Gasteiger partial charge is 0.243 e. The van der Waals surface area contributed by atoms with Crippen molar-refractivity contribution in [2.24, 2.45) is 5.92 Å². The van der Waals surface area contributed by atoms with Crippen LogP contribution in [0.25, 0.3) is 0 Å². The number of nitrogens with zero attached hydrogens (tertiary/aromatic N) is 3. The van der Waals surface area contributed by atoms with Crippen LogP contribution in [0.3, 0.4) is 0 Å². The fourth-order valence-corrected chi connectivity index (χ4v) is 7.23. The van der Waals surface area contributed by atoms with Crippen LogP contribution in [-0.2, 0) is 29.5 Å². The molecule has 31 heavy (non-hydrogen) atoms. The molecule has 3 fully saturated rings. The van der Waals surface area contributed by atoms with Crippen LogP contribution in [0.4, 0.5) is 0 Å². The van der Waals surface area contributed by atoms with Crippen LogP contribution in [0.15, 0.2) is 34.1 Å². The van der Waals surface area contributed by atoms with Gasteiger partial charge in [-0.05, 0) is 43.0 Å². The third kappa shape index (κ3) is 5.29. The summed E-state index contributed by atoms with van der Waals surface area (Å²) in [6.07, 6.45) is 1.67. The van der Waals surface area contributed by atoms with Crippen LogP contribution in [0.5, 0.6) is 0 Å². The Bertz CT molecular complexity index is 932. The molecule has 11 heteroatoms. The van der Waals surface area contributed by atoms with Crippen molar-refractivity contribution in [2.45, 2.75) is 22.6 Å². The molecule has 9 nitrogen and oxygen atoms in total. The molecule has 1 aromatic carbocycles. The number of rotatable bonds is 6. The van der Waals surface area contributed by atoms with Gasteiger partial charge in [0, 0.05) is 45.8 Å². The van der Waals surface area contributed by atoms with Gasteiger partial charge in [-0.15, -0.1) is 0 Å². The Labute approximate surface area is 185 Å². The lowest BCUT2D eigenvalue weighted by Gasteiger charge is -2.35. The van der Waals surface area contributed by atoms with Crippen LogP contribution in [-0.4, -0.2) is 103 Å². The first kappa shape index (κ1) is 23.1. The Morgan fingerprint density at radius 1 is 0.677 bits per heavy atom. The van der Waals surface area contributed by atoms with Crippen molar-refractivity contribution in [3.63, 3.8) is 0 Å². The predicted molar refractivity (Wildman–Crippen MR) is 115 cm³/mol. The van der Waals surface area contributed by atoms with Crippen molar-refractivity contribution >= 4 is 20.0 Å². The molecular weight excluding hydrogens is 442 g/mol. The lowest BCUT2D eigenvalue weighted by Crippen LogP contribution is -2.44. The molecule has 0 unspecified atom stereocenters. The van der Waals surface area contributed by atoms with Crippen molar-refractivity contribution in [1.82, 2.24) is 13.5 Å². The molecule has 0 amide bonds. The predicted octanol–water partition coefficient (Wildman–Crippen LogP) is 0.440. The molecule has 0 bridgehead atoms. The minimum Gasteiger partial charge on any atom is -0.379 e. The van der Waals surface area contributed by atoms with E-state index in [2.05, 4.69) is 4.90 Å². The van der Waals surface area contributed by atoms with Crippen LogP contribution in [0.1, 0.15) is 12.8 Å². The summed E-state index contributed by atoms with van der Waals surface area (Å²) in [5.41, 5.74) is 0. The topological polar surface area (TPSA) is 96.5 Å². The Morgan fingerprint density at radius 2 is 1.10 bits per heavy atom. The van der Waals surface area contributed by atoms with Crippen LogP contribution >= 0.6 is 0 Å². The van der Waals surface area contributed by atoms with E-state index in [1.54, 1.807) is 0 Å². The summed E-state index contributed by atoms with van der Waals surface area (Å²) in [5, 5.41) is 0. The highest BCUT2D eigenvalue weighted by Gasteiger charge is 2.31. The van der Waals surface area contributed by atoms with Gasteiger partial charge in [0.25, 0.3) is 0 Å². The van der Waals surface area contributed by atoms with Gasteiger partial charge in [0.2, 0.25) is 20.0 Å². The fourth-order valence-electron chi connectivity index (χ4n) is 4.35. The van der Waals surface area contributed by atoms with E-state index in [9.17, 15) is 16.8 Å². The Balaban J connectivity index is 1.37. The molecule has 0 aliphatic carbocycles. The van der Waals surface area contributed by atoms with Crippen molar-refractivity contribution in [3.05, 3.63) is 24.3 Å². The van der Waals surface area contributed by atoms with Crippen molar-refractivity contribution < 1.29 is 26.3 Å². The van der Waals surface area contributed by atoms with Gasteiger partial charge >= 0.3 is 0 Å². The van der Waals surface area contributed by atoms with Gasteiger partial charge in [-0.2, -0.15) is 8.61 Å². The van der Waals surface area contributed by atoms with Crippen molar-refractivity contribution in [3.8, 4) is 0 Å². The van der Waals surface area contributed by atoms with E-state index in [0.29, 0.717) is 45.3 Å². The number of benzene rings is 1. The largest absolute Gasteiger partial charge is 0.379 e. The highest BCUT2D eigenvalue weighted by Crippen LogP contribution is 2.26. The first-order valence-electron chi connectivity index (χ1n) is 10.9. The molecule has 4 rings (SSSR count). The normalized spacial score (nSPS) is 23.7. The molecule has 3 aliphatic rings. The Hall–Kier alpha value is -1.08. The summed E-state index contributed by atoms with van der Waals surface area (Å²) in [4.78, 5) is 2.64. The third-order valence-electron chi connectivity index (χ3n) is 6.26. The molecule has 3 aliphatic heterocycles. The summed E-state index contributed by atoms with van der Waals surface area (Å²) in [7, 11) is -7.27. The Kier molecular flexibility index (Phi) is 7.31. The van der Waals surface area contributed by atoms with Crippen LogP contribution in [0, 0.1) is 5.92 Å². The fraction of sp³-hybridized carbons (Fsp3) is 0.700. The van der Waals surface area contributed by atoms with Gasteiger partial charge in [-0.3, -0.25) is 4.90 Å². The van der Waals surface area contributed by atoms with Gasteiger partial charge in [-0.1, -0.05) is 0 Å². The highest BCUT2D eigenvalue weighted by molar-refractivity contribution is 7.89. The first-order valence-corrected chi connectivity index (χ1v) is 13.7. The summed E-state index contributed by atoms with van der Waals surface area (Å²) >= 11 is 0. The number of piperidine rings is 1. The van der Waals surface area contributed by atoms with Gasteiger partial charge in [-0.25, -0.2) is 16.8 Å². The van der Waals surface area contributed by atoms with Crippen molar-refractivity contribution in [2.75, 3.05) is 72.2 Å². The van der Waals surface area contributed by atoms with E-state index >= 15 is 0 Å². The highest BCUT2D eigenvalue weighted by atomic mass is 32.2. The quantitative estimate of drug-likeness (QED) is 0.592. The lowest BCUT2D eigenvalue weighted by molar-refractivity contribution is 0.0269. The number of sulfonamides is 2. The maximum atomic E-state index is 13.1. The molecule has 0 radical (unpaired) electrons.